The van der Waals surface area contributed by atoms with Gasteiger partial charge in [0.25, 0.3) is 0 Å². The lowest BCUT2D eigenvalue weighted by atomic mass is 9.76. The summed E-state index contributed by atoms with van der Waals surface area (Å²) in [5.74, 6) is -2.09. The van der Waals surface area contributed by atoms with Crippen LogP contribution in [0.15, 0.2) is 35.9 Å². The third kappa shape index (κ3) is 8.65. The molecule has 0 aliphatic rings. The zero-order valence-corrected chi connectivity index (χ0v) is 25.3. The molecule has 0 saturated carbocycles. The number of likely N-dealkylation sites (N-methyl/N-ethyl adjacent to an activating group) is 2. The normalized spacial score (nSPS) is 14.8. The highest BCUT2D eigenvalue weighted by molar-refractivity contribution is 5.92. The van der Waals surface area contributed by atoms with E-state index in [9.17, 15) is 24.3 Å². The van der Waals surface area contributed by atoms with Gasteiger partial charge in [0.15, 0.2) is 0 Å². The first-order chi connectivity index (χ1) is 17.9. The van der Waals surface area contributed by atoms with Crippen molar-refractivity contribution < 1.29 is 29.0 Å². The van der Waals surface area contributed by atoms with Gasteiger partial charge in [-0.05, 0) is 49.9 Å². The lowest BCUT2D eigenvalue weighted by molar-refractivity contribution is -0.141. The maximum Gasteiger partial charge on any atom is 0.335 e. The number of rotatable bonds is 12. The molecule has 0 fully saturated rings. The largest absolute Gasteiger partial charge is 0.478 e. The Balaban J connectivity index is 3.32. The average molecular weight is 546 g/mol. The van der Waals surface area contributed by atoms with Gasteiger partial charge in [-0.3, -0.25) is 9.59 Å². The number of aromatic carboxylic acids is 1. The molecule has 1 rings (SSSR count). The van der Waals surface area contributed by atoms with Gasteiger partial charge in [0, 0.05) is 18.0 Å². The van der Waals surface area contributed by atoms with Crippen molar-refractivity contribution in [2.45, 2.75) is 85.9 Å². The second kappa shape index (κ2) is 13.7. The molecule has 0 aliphatic carbocycles. The highest BCUT2D eigenvalue weighted by Crippen LogP contribution is 2.29. The predicted molar refractivity (Wildman–Crippen MR) is 152 cm³/mol. The Bertz CT molecular complexity index is 1050. The molecule has 0 aliphatic heterocycles. The van der Waals surface area contributed by atoms with Crippen LogP contribution in [0.1, 0.15) is 78.2 Å². The molecule has 218 valence electrons. The molecule has 0 spiro atoms. The fraction of sp³-hybridized carbons (Fsp3) is 0.600. The summed E-state index contributed by atoms with van der Waals surface area (Å²) in [6, 6.07) is 4.46. The lowest BCUT2D eigenvalue weighted by Crippen LogP contribution is -2.61. The van der Waals surface area contributed by atoms with Gasteiger partial charge in [0.1, 0.15) is 6.04 Å². The van der Waals surface area contributed by atoms with Gasteiger partial charge in [-0.15, -0.1) is 0 Å². The first-order valence-electron chi connectivity index (χ1n) is 13.3. The quantitative estimate of drug-likeness (QED) is 0.270. The van der Waals surface area contributed by atoms with Gasteiger partial charge in [-0.25, -0.2) is 9.59 Å². The summed E-state index contributed by atoms with van der Waals surface area (Å²) in [4.78, 5) is 52.6. The molecule has 3 N–H and O–H groups in total. The lowest BCUT2D eigenvalue weighted by Gasteiger charge is -2.40. The molecule has 0 bridgehead atoms. The highest BCUT2D eigenvalue weighted by atomic mass is 16.5. The summed E-state index contributed by atoms with van der Waals surface area (Å²) < 4.78 is 5.10. The van der Waals surface area contributed by atoms with Crippen molar-refractivity contribution in [2.75, 3.05) is 20.7 Å². The minimum Gasteiger partial charge on any atom is -0.478 e. The number of esters is 1. The molecule has 2 amide bonds. The molecule has 9 heteroatoms. The van der Waals surface area contributed by atoms with E-state index in [2.05, 4.69) is 10.6 Å². The van der Waals surface area contributed by atoms with Crippen molar-refractivity contribution in [3.8, 4) is 0 Å². The number of ether oxygens (including phenoxy) is 1. The van der Waals surface area contributed by atoms with E-state index in [4.69, 9.17) is 4.74 Å². The Hall–Kier alpha value is -3.20. The van der Waals surface area contributed by atoms with Crippen LogP contribution in [0, 0.1) is 11.3 Å². The highest BCUT2D eigenvalue weighted by Gasteiger charge is 2.41. The van der Waals surface area contributed by atoms with Crippen molar-refractivity contribution in [2.24, 2.45) is 11.3 Å². The van der Waals surface area contributed by atoms with E-state index >= 15 is 0 Å². The average Bonchev–Trinajstić information content (AvgIpc) is 2.84. The first-order valence-corrected chi connectivity index (χ1v) is 13.3. The summed E-state index contributed by atoms with van der Waals surface area (Å²) in [6.45, 7) is 17.0. The summed E-state index contributed by atoms with van der Waals surface area (Å²) in [6.07, 6.45) is 1.74. The molecule has 9 nitrogen and oxygen atoms in total. The summed E-state index contributed by atoms with van der Waals surface area (Å²) in [7, 11) is 3.35. The van der Waals surface area contributed by atoms with E-state index in [1.54, 1.807) is 51.1 Å². The Morgan fingerprint density at radius 2 is 1.56 bits per heavy atom. The second-order valence-corrected chi connectivity index (χ2v) is 11.9. The minimum atomic E-state index is -1.02. The molecular weight excluding hydrogens is 498 g/mol. The summed E-state index contributed by atoms with van der Waals surface area (Å²) >= 11 is 0. The Labute approximate surface area is 233 Å². The topological polar surface area (TPSA) is 125 Å². The number of carboxylic acids is 1. The first kappa shape index (κ1) is 33.8. The van der Waals surface area contributed by atoms with E-state index in [0.29, 0.717) is 5.57 Å². The number of nitrogens with zero attached hydrogens (tertiary/aromatic N) is 1. The van der Waals surface area contributed by atoms with Crippen molar-refractivity contribution in [1.29, 1.82) is 0 Å². The van der Waals surface area contributed by atoms with Crippen molar-refractivity contribution in [1.82, 2.24) is 15.5 Å². The van der Waals surface area contributed by atoms with Crippen LogP contribution >= 0.6 is 0 Å². The monoisotopic (exact) mass is 545 g/mol. The van der Waals surface area contributed by atoms with E-state index in [-0.39, 0.29) is 29.9 Å². The van der Waals surface area contributed by atoms with Gasteiger partial charge in [-0.2, -0.15) is 0 Å². The number of amides is 2. The van der Waals surface area contributed by atoms with Crippen molar-refractivity contribution in [3.05, 3.63) is 47.0 Å². The molecular formula is C30H47N3O6. The number of hydrogen-bond donors (Lipinski definition) is 3. The third-order valence-corrected chi connectivity index (χ3v) is 7.04. The number of benzene rings is 1. The van der Waals surface area contributed by atoms with Crippen LogP contribution in [0.2, 0.25) is 0 Å². The molecule has 3 atom stereocenters. The van der Waals surface area contributed by atoms with Crippen molar-refractivity contribution >= 4 is 23.8 Å². The molecule has 0 heterocycles. The summed E-state index contributed by atoms with van der Waals surface area (Å²) in [5, 5.41) is 15.3. The van der Waals surface area contributed by atoms with Crippen molar-refractivity contribution in [3.63, 3.8) is 0 Å². The predicted octanol–water partition coefficient (Wildman–Crippen LogP) is 3.77. The fourth-order valence-electron chi connectivity index (χ4n) is 4.57. The second-order valence-electron chi connectivity index (χ2n) is 11.9. The van der Waals surface area contributed by atoms with Gasteiger partial charge < -0.3 is 25.4 Å². The van der Waals surface area contributed by atoms with Gasteiger partial charge in [0.05, 0.1) is 24.3 Å². The standard InChI is InChI=1S/C30H47N3O6/c1-12-39-28(38)19(4)17-22(18(2)3)33(11)26(35)24(29(5,6)7)32-25(34)23(31-10)30(8,9)21-15-13-20(14-16-21)27(36)37/h13-18,22-24,31H,12H2,1-11H3,(H,32,34)(H,36,37)/t22-,23-,24-/m1/s1. The minimum absolute atomic E-state index is 0.00240. The fourth-order valence-corrected chi connectivity index (χ4v) is 4.57. The third-order valence-electron chi connectivity index (χ3n) is 7.04. The summed E-state index contributed by atoms with van der Waals surface area (Å²) in [5.41, 5.74) is 0.00402. The van der Waals surface area contributed by atoms with E-state index in [0.717, 1.165) is 5.56 Å². The Morgan fingerprint density at radius 1 is 1.03 bits per heavy atom. The molecule has 0 saturated heterocycles. The van der Waals surface area contributed by atoms with Crippen LogP contribution in [0.3, 0.4) is 0 Å². The number of carbonyl (C=O) groups is 4. The molecule has 0 unspecified atom stereocenters. The van der Waals surface area contributed by atoms with E-state index < -0.39 is 40.9 Å². The molecule has 0 aromatic heterocycles. The van der Waals surface area contributed by atoms with E-state index in [1.165, 1.54) is 12.1 Å². The number of carboxylic acid groups (broad SMARTS) is 1. The Kier molecular flexibility index (Phi) is 11.9. The molecule has 1 aromatic carbocycles. The molecule has 1 aromatic rings. The molecule has 39 heavy (non-hydrogen) atoms. The van der Waals surface area contributed by atoms with Crippen LogP contribution in [0.5, 0.6) is 0 Å². The van der Waals surface area contributed by atoms with Crippen LogP contribution in [-0.4, -0.2) is 72.6 Å². The number of nitrogens with one attached hydrogen (secondary N) is 2. The van der Waals surface area contributed by atoms with Crippen LogP contribution in [0.4, 0.5) is 0 Å². The van der Waals surface area contributed by atoms with Crippen LogP contribution < -0.4 is 10.6 Å². The van der Waals surface area contributed by atoms with E-state index in [1.807, 2.05) is 48.5 Å². The maximum absolute atomic E-state index is 13.9. The van der Waals surface area contributed by atoms with Gasteiger partial charge in [-0.1, -0.05) is 66.7 Å². The number of hydrogen-bond acceptors (Lipinski definition) is 6. The van der Waals surface area contributed by atoms with Crippen LogP contribution in [0.25, 0.3) is 0 Å². The van der Waals surface area contributed by atoms with Gasteiger partial charge >= 0.3 is 11.9 Å². The number of carbonyl (C=O) groups excluding carboxylic acids is 3. The maximum atomic E-state index is 13.9. The SMILES string of the molecule is CCOC(=O)C(C)=C[C@H](C(C)C)N(C)C(=O)[C@@H](NC(=O)[C@@H](NC)C(C)(C)c1ccc(C(=O)O)cc1)C(C)(C)C. The zero-order valence-electron chi connectivity index (χ0n) is 25.3. The molecule has 0 radical (unpaired) electrons. The Morgan fingerprint density at radius 3 is 1.97 bits per heavy atom. The zero-order chi connectivity index (χ0) is 30.3. The smallest absolute Gasteiger partial charge is 0.335 e. The van der Waals surface area contributed by atoms with Gasteiger partial charge in [0.2, 0.25) is 11.8 Å². The van der Waals surface area contributed by atoms with Crippen LogP contribution in [-0.2, 0) is 24.5 Å².